The number of benzene rings is 2. The van der Waals surface area contributed by atoms with Crippen LogP contribution in [-0.2, 0) is 14.8 Å². The zero-order valence-electron chi connectivity index (χ0n) is 19.8. The molecule has 2 aromatic rings. The topological polar surface area (TPSA) is 179 Å². The van der Waals surface area contributed by atoms with E-state index in [-0.39, 0.29) is 40.1 Å². The van der Waals surface area contributed by atoms with E-state index in [1.807, 2.05) is 0 Å². The van der Waals surface area contributed by atoms with Crippen LogP contribution in [0.15, 0.2) is 41.3 Å². The quantitative estimate of drug-likeness (QED) is 0.221. The number of piperidine rings is 1. The third kappa shape index (κ3) is 6.89. The van der Waals surface area contributed by atoms with Gasteiger partial charge in [0.2, 0.25) is 15.9 Å². The summed E-state index contributed by atoms with van der Waals surface area (Å²) in [5.41, 5.74) is -0.906. The molecular weight excluding hydrogens is 503 g/mol. The molecule has 2 N–H and O–H groups in total. The number of carbonyl (C=O) groups excluding carboxylic acids is 3. The Balaban J connectivity index is 0.00000456. The number of carbonyl (C=O) groups is 3. The molecule has 14 heteroatoms. The predicted octanol–water partition coefficient (Wildman–Crippen LogP) is -2.19. The number of carboxylic acid groups (broad SMARTS) is 1. The van der Waals surface area contributed by atoms with E-state index in [4.69, 9.17) is 0 Å². The first-order chi connectivity index (χ1) is 16.5. The Morgan fingerprint density at radius 2 is 1.69 bits per heavy atom. The summed E-state index contributed by atoms with van der Waals surface area (Å²) in [6, 6.07) is 7.04. The van der Waals surface area contributed by atoms with Gasteiger partial charge in [0.05, 0.1) is 22.3 Å². The first kappa shape index (κ1) is 29.4. The summed E-state index contributed by atoms with van der Waals surface area (Å²) in [6.45, 7) is 1.95. The molecule has 1 fully saturated rings. The monoisotopic (exact) mass is 526 g/mol. The van der Waals surface area contributed by atoms with E-state index in [0.717, 1.165) is 31.4 Å². The number of rotatable bonds is 8. The summed E-state index contributed by atoms with van der Waals surface area (Å²) >= 11 is 0. The van der Waals surface area contributed by atoms with Crippen LogP contribution < -0.4 is 45.3 Å². The van der Waals surface area contributed by atoms with Gasteiger partial charge in [0, 0.05) is 42.0 Å². The average Bonchev–Trinajstić information content (AvgIpc) is 2.83. The third-order valence-electron chi connectivity index (χ3n) is 5.49. The number of amides is 2. The van der Waals surface area contributed by atoms with E-state index in [2.05, 4.69) is 10.6 Å². The van der Waals surface area contributed by atoms with Crippen molar-refractivity contribution in [2.75, 3.05) is 25.0 Å². The molecule has 1 saturated heterocycles. The number of aryl methyl sites for hydroxylation is 1. The van der Waals surface area contributed by atoms with E-state index in [0.29, 0.717) is 24.7 Å². The van der Waals surface area contributed by atoms with Crippen molar-refractivity contribution >= 4 is 39.2 Å². The van der Waals surface area contributed by atoms with Gasteiger partial charge in [-0.25, -0.2) is 8.42 Å². The summed E-state index contributed by atoms with van der Waals surface area (Å²) in [6.07, 6.45) is 2.53. The van der Waals surface area contributed by atoms with Crippen molar-refractivity contribution in [3.05, 3.63) is 63.2 Å². The molecule has 2 aromatic carbocycles. The number of anilines is 1. The van der Waals surface area contributed by atoms with Crippen molar-refractivity contribution in [3.63, 3.8) is 0 Å². The molecule has 36 heavy (non-hydrogen) atoms. The number of hydrogen-bond donors (Lipinski definition) is 2. The van der Waals surface area contributed by atoms with E-state index in [9.17, 15) is 38.0 Å². The Labute approximate surface area is 229 Å². The fourth-order valence-electron chi connectivity index (χ4n) is 3.67. The maximum Gasteiger partial charge on any atom is 1.00 e. The largest absolute Gasteiger partial charge is 1.00 e. The van der Waals surface area contributed by atoms with Crippen LogP contribution in [0.5, 0.6) is 0 Å². The van der Waals surface area contributed by atoms with Crippen LogP contribution in [0.25, 0.3) is 0 Å². The Hall–Kier alpha value is -2.84. The maximum absolute atomic E-state index is 13.0. The van der Waals surface area contributed by atoms with Crippen LogP contribution in [-0.4, -0.2) is 55.1 Å². The fraction of sp³-hybridized carbons (Fsp3) is 0.318. The van der Waals surface area contributed by atoms with Gasteiger partial charge in [0.25, 0.3) is 11.6 Å². The number of nitrogens with zero attached hydrogens (tertiary/aromatic N) is 2. The minimum absolute atomic E-state index is 0. The van der Waals surface area contributed by atoms with Gasteiger partial charge in [-0.2, -0.15) is 4.31 Å². The smallest absolute Gasteiger partial charge is 0.545 e. The molecule has 186 valence electrons. The Morgan fingerprint density at radius 1 is 1.03 bits per heavy atom. The van der Waals surface area contributed by atoms with Gasteiger partial charge in [-0.05, 0) is 43.5 Å². The molecule has 0 unspecified atom stereocenters. The summed E-state index contributed by atoms with van der Waals surface area (Å²) < 4.78 is 27.5. The molecule has 0 aliphatic carbocycles. The van der Waals surface area contributed by atoms with Crippen molar-refractivity contribution in [3.8, 4) is 0 Å². The SMILES string of the molecule is Cc1ccc(NC(=O)CNC(=O)c2ccc([N+](=O)[O-])cc2C(=O)[O-])cc1S(=O)(=O)N1CCCCC1.[Na+]. The van der Waals surface area contributed by atoms with Crippen LogP contribution in [0.4, 0.5) is 11.4 Å². The summed E-state index contributed by atoms with van der Waals surface area (Å²) in [5, 5.41) is 26.9. The van der Waals surface area contributed by atoms with Crippen LogP contribution in [0.2, 0.25) is 0 Å². The van der Waals surface area contributed by atoms with Gasteiger partial charge in [0.1, 0.15) is 0 Å². The number of nitro groups is 1. The van der Waals surface area contributed by atoms with Crippen molar-refractivity contribution in [1.82, 2.24) is 9.62 Å². The number of nitro benzene ring substituents is 1. The third-order valence-corrected chi connectivity index (χ3v) is 7.53. The van der Waals surface area contributed by atoms with Gasteiger partial charge >= 0.3 is 29.6 Å². The molecule has 0 atom stereocenters. The normalized spacial score (nSPS) is 13.8. The first-order valence-electron chi connectivity index (χ1n) is 10.7. The molecule has 2 amide bonds. The van der Waals surface area contributed by atoms with E-state index in [1.54, 1.807) is 13.0 Å². The van der Waals surface area contributed by atoms with Crippen molar-refractivity contribution in [2.24, 2.45) is 0 Å². The van der Waals surface area contributed by atoms with Crippen LogP contribution in [0, 0.1) is 17.0 Å². The summed E-state index contributed by atoms with van der Waals surface area (Å²) in [7, 11) is -3.73. The maximum atomic E-state index is 13.0. The van der Waals surface area contributed by atoms with Crippen LogP contribution in [0.1, 0.15) is 45.5 Å². The van der Waals surface area contributed by atoms with Crippen molar-refractivity contribution in [1.29, 1.82) is 0 Å². The second-order valence-corrected chi connectivity index (χ2v) is 9.86. The number of non-ortho nitro benzene ring substituents is 1. The second kappa shape index (κ2) is 12.4. The van der Waals surface area contributed by atoms with E-state index < -0.39 is 56.1 Å². The van der Waals surface area contributed by atoms with E-state index in [1.165, 1.54) is 16.4 Å². The van der Waals surface area contributed by atoms with Gasteiger partial charge in [-0.1, -0.05) is 12.5 Å². The van der Waals surface area contributed by atoms with Gasteiger partial charge in [-0.15, -0.1) is 0 Å². The zero-order chi connectivity index (χ0) is 25.8. The Morgan fingerprint density at radius 3 is 2.31 bits per heavy atom. The molecule has 0 spiro atoms. The fourth-order valence-corrected chi connectivity index (χ4v) is 5.44. The molecule has 0 bridgehead atoms. The predicted molar refractivity (Wildman–Crippen MR) is 122 cm³/mol. The Bertz CT molecular complexity index is 1290. The van der Waals surface area contributed by atoms with Gasteiger partial charge in [-0.3, -0.25) is 19.7 Å². The average molecular weight is 527 g/mol. The Kier molecular flexibility index (Phi) is 10.1. The standard InChI is InChI=1S/C22H24N4O8S.Na/c1-14-5-6-15(11-19(14)35(33,34)25-9-3-2-4-10-25)24-20(27)13-23-21(28)17-8-7-16(26(31)32)12-18(17)22(29)30;/h5-8,11-12H,2-4,9-10,13H2,1H3,(H,23,28)(H,24,27)(H,29,30);/q;+1/p-1. The number of hydrogen-bond acceptors (Lipinski definition) is 8. The van der Waals surface area contributed by atoms with E-state index >= 15 is 0 Å². The van der Waals surface area contributed by atoms with Crippen molar-refractivity contribution < 1.29 is 62.4 Å². The molecule has 0 aromatic heterocycles. The molecule has 1 heterocycles. The number of sulfonamides is 1. The molecule has 12 nitrogen and oxygen atoms in total. The minimum Gasteiger partial charge on any atom is -0.545 e. The van der Waals surface area contributed by atoms with Gasteiger partial charge in [0.15, 0.2) is 0 Å². The zero-order valence-corrected chi connectivity index (χ0v) is 22.6. The van der Waals surface area contributed by atoms with Crippen LogP contribution >= 0.6 is 0 Å². The first-order valence-corrected chi connectivity index (χ1v) is 12.1. The summed E-state index contributed by atoms with van der Waals surface area (Å²) in [5.74, 6) is -3.43. The van der Waals surface area contributed by atoms with Gasteiger partial charge < -0.3 is 20.5 Å². The number of nitrogens with one attached hydrogen (secondary N) is 2. The number of carboxylic acids is 1. The molecule has 0 saturated carbocycles. The molecular formula is C22H23N4NaO8S. The van der Waals surface area contributed by atoms with Crippen molar-refractivity contribution in [2.45, 2.75) is 31.1 Å². The van der Waals surface area contributed by atoms with Crippen LogP contribution in [0.3, 0.4) is 0 Å². The molecule has 3 rings (SSSR count). The second-order valence-electron chi connectivity index (χ2n) is 7.95. The summed E-state index contributed by atoms with van der Waals surface area (Å²) in [4.78, 5) is 46.1. The minimum atomic E-state index is -3.73. The molecule has 1 aliphatic rings. The number of aromatic carboxylic acids is 1. The molecule has 1 aliphatic heterocycles. The molecule has 0 radical (unpaired) electrons.